The van der Waals surface area contributed by atoms with E-state index in [9.17, 15) is 22.0 Å². The van der Waals surface area contributed by atoms with Gasteiger partial charge in [-0.1, -0.05) is 70.4 Å². The van der Waals surface area contributed by atoms with Crippen molar-refractivity contribution in [3.8, 4) is 22.3 Å². The van der Waals surface area contributed by atoms with E-state index in [2.05, 4.69) is 6.92 Å². The van der Waals surface area contributed by atoms with Gasteiger partial charge in [-0.2, -0.15) is 13.2 Å². The number of hydrogen-bond acceptors (Lipinski definition) is 0. The molecule has 226 valence electrons. The molecule has 0 N–H and O–H groups in total. The van der Waals surface area contributed by atoms with Gasteiger partial charge in [0.05, 0.1) is 5.56 Å². The Labute approximate surface area is 241 Å². The molecule has 42 heavy (non-hydrogen) atoms. The molecule has 0 spiro atoms. The average molecular weight is 595 g/mol. The van der Waals surface area contributed by atoms with Crippen LogP contribution >= 0.6 is 0 Å². The van der Waals surface area contributed by atoms with E-state index in [4.69, 9.17) is 0 Å². The number of halogens is 8. The lowest BCUT2D eigenvalue weighted by atomic mass is 9.78. The van der Waals surface area contributed by atoms with Gasteiger partial charge in [0.2, 0.25) is 0 Å². The molecule has 0 nitrogen and oxygen atoms in total. The van der Waals surface area contributed by atoms with Crippen LogP contribution in [0.2, 0.25) is 0 Å². The molecule has 1 fully saturated rings. The fourth-order valence-electron chi connectivity index (χ4n) is 5.88. The zero-order chi connectivity index (χ0) is 30.4. The lowest BCUT2D eigenvalue weighted by Crippen LogP contribution is -2.15. The number of alkyl halides is 3. The molecule has 4 rings (SSSR count). The van der Waals surface area contributed by atoms with Crippen molar-refractivity contribution in [1.82, 2.24) is 0 Å². The van der Waals surface area contributed by atoms with Crippen LogP contribution < -0.4 is 0 Å². The Bertz CT molecular complexity index is 1350. The summed E-state index contributed by atoms with van der Waals surface area (Å²) >= 11 is 0. The minimum atomic E-state index is -4.80. The van der Waals surface area contributed by atoms with Gasteiger partial charge in [0.15, 0.2) is 0 Å². The van der Waals surface area contributed by atoms with Crippen molar-refractivity contribution in [3.63, 3.8) is 0 Å². The Hall–Kier alpha value is -3.16. The molecule has 0 radical (unpaired) electrons. The van der Waals surface area contributed by atoms with Crippen LogP contribution in [0, 0.1) is 40.9 Å². The molecule has 1 saturated carbocycles. The van der Waals surface area contributed by atoms with Gasteiger partial charge >= 0.3 is 6.18 Å². The topological polar surface area (TPSA) is 0 Å². The van der Waals surface area contributed by atoms with Crippen LogP contribution in [0.15, 0.2) is 48.5 Å². The highest BCUT2D eigenvalue weighted by molar-refractivity contribution is 5.73. The zero-order valence-electron chi connectivity index (χ0n) is 23.4. The molecule has 3 aromatic carbocycles. The van der Waals surface area contributed by atoms with Gasteiger partial charge in [-0.05, 0) is 77.8 Å². The predicted molar refractivity (Wildman–Crippen MR) is 150 cm³/mol. The minimum Gasteiger partial charge on any atom is -0.206 e. The molecule has 0 atom stereocenters. The summed E-state index contributed by atoms with van der Waals surface area (Å²) in [5.74, 6) is -4.46. The zero-order valence-corrected chi connectivity index (χ0v) is 23.4. The monoisotopic (exact) mass is 594 g/mol. The van der Waals surface area contributed by atoms with E-state index < -0.39 is 52.0 Å². The van der Waals surface area contributed by atoms with E-state index in [1.807, 2.05) is 0 Å². The van der Waals surface area contributed by atoms with Gasteiger partial charge in [-0.25, -0.2) is 22.0 Å². The van der Waals surface area contributed by atoms with Crippen molar-refractivity contribution < 1.29 is 35.1 Å². The van der Waals surface area contributed by atoms with Crippen molar-refractivity contribution >= 4 is 6.08 Å². The fourth-order valence-corrected chi connectivity index (χ4v) is 5.88. The van der Waals surface area contributed by atoms with Crippen molar-refractivity contribution in [1.29, 1.82) is 0 Å². The van der Waals surface area contributed by atoms with Crippen LogP contribution in [0.1, 0.15) is 75.8 Å². The second-order valence-electron chi connectivity index (χ2n) is 11.3. The first-order chi connectivity index (χ1) is 19.9. The van der Waals surface area contributed by atoms with E-state index in [1.165, 1.54) is 63.5 Å². The third kappa shape index (κ3) is 8.23. The quantitative estimate of drug-likeness (QED) is 0.162. The first kappa shape index (κ1) is 31.8. The molecule has 0 saturated heterocycles. The summed E-state index contributed by atoms with van der Waals surface area (Å²) in [6.07, 6.45) is 6.69. The standard InChI is InChI=1S/C34H34F8/c1-2-3-4-5-21-6-8-22(9-7-21)10-11-23-12-13-26(28(35)16-23)24-17-31(38)33(32(39)18-24)25-19-29(36)27(30(37)20-25)14-15-34(40,41)42/h12-22H,2-11H2,1H3/b15-14+. The highest BCUT2D eigenvalue weighted by Crippen LogP contribution is 2.36. The summed E-state index contributed by atoms with van der Waals surface area (Å²) in [5.41, 5.74) is -1.64. The third-order valence-corrected chi connectivity index (χ3v) is 8.22. The Morgan fingerprint density at radius 3 is 1.81 bits per heavy atom. The number of aryl methyl sites for hydroxylation is 1. The molecule has 0 aromatic heterocycles. The second kappa shape index (κ2) is 13.9. The molecule has 1 aliphatic carbocycles. The van der Waals surface area contributed by atoms with E-state index >= 15 is 13.2 Å². The molecular formula is C34H34F8. The molecule has 3 aromatic rings. The third-order valence-electron chi connectivity index (χ3n) is 8.22. The maximum atomic E-state index is 15.1. The Morgan fingerprint density at radius 2 is 1.26 bits per heavy atom. The first-order valence-electron chi connectivity index (χ1n) is 14.5. The second-order valence-corrected chi connectivity index (χ2v) is 11.3. The molecule has 8 heteroatoms. The SMILES string of the molecule is CCCCCC1CCC(CCc2ccc(-c3cc(F)c(-c4cc(F)c(/C=C/C(F)(F)F)c(F)c4)c(F)c3)c(F)c2)CC1. The van der Waals surface area contributed by atoms with Crippen molar-refractivity contribution in [2.24, 2.45) is 11.8 Å². The average Bonchev–Trinajstić information content (AvgIpc) is 2.91. The Morgan fingerprint density at radius 1 is 0.690 bits per heavy atom. The largest absolute Gasteiger partial charge is 0.409 e. The van der Waals surface area contributed by atoms with Gasteiger partial charge in [-0.3, -0.25) is 0 Å². The van der Waals surface area contributed by atoms with Crippen LogP contribution in [-0.2, 0) is 6.42 Å². The Balaban J connectivity index is 1.45. The summed E-state index contributed by atoms with van der Waals surface area (Å²) in [6, 6.07) is 7.39. The number of rotatable bonds is 10. The lowest BCUT2D eigenvalue weighted by Gasteiger charge is -2.28. The van der Waals surface area contributed by atoms with E-state index in [-0.39, 0.29) is 23.3 Å². The highest BCUT2D eigenvalue weighted by atomic mass is 19.4. The van der Waals surface area contributed by atoms with Crippen LogP contribution in [-0.4, -0.2) is 6.18 Å². The minimum absolute atomic E-state index is 0.0271. The molecule has 0 aliphatic heterocycles. The maximum absolute atomic E-state index is 15.1. The summed E-state index contributed by atoms with van der Waals surface area (Å²) < 4.78 is 111. The lowest BCUT2D eigenvalue weighted by molar-refractivity contribution is -0.0790. The fraction of sp³-hybridized carbons (Fsp3) is 0.412. The normalized spacial score (nSPS) is 17.7. The van der Waals surface area contributed by atoms with E-state index in [0.717, 1.165) is 30.0 Å². The van der Waals surface area contributed by atoms with Gasteiger partial charge in [0.25, 0.3) is 0 Å². The van der Waals surface area contributed by atoms with Crippen molar-refractivity contribution in [2.75, 3.05) is 0 Å². The van der Waals surface area contributed by atoms with Gasteiger partial charge in [0, 0.05) is 17.2 Å². The van der Waals surface area contributed by atoms with Gasteiger partial charge < -0.3 is 0 Å². The number of benzene rings is 3. The van der Waals surface area contributed by atoms with Crippen LogP contribution in [0.4, 0.5) is 35.1 Å². The van der Waals surface area contributed by atoms with E-state index in [1.54, 1.807) is 6.07 Å². The number of allylic oxidation sites excluding steroid dienone is 1. The predicted octanol–water partition coefficient (Wildman–Crippen LogP) is 11.6. The van der Waals surface area contributed by atoms with E-state index in [0.29, 0.717) is 24.5 Å². The van der Waals surface area contributed by atoms with Crippen LogP contribution in [0.3, 0.4) is 0 Å². The molecule has 0 bridgehead atoms. The van der Waals surface area contributed by atoms with Gasteiger partial charge in [-0.15, -0.1) is 0 Å². The Kier molecular flexibility index (Phi) is 10.5. The van der Waals surface area contributed by atoms with Crippen LogP contribution in [0.25, 0.3) is 28.3 Å². The van der Waals surface area contributed by atoms with Crippen molar-refractivity contribution in [2.45, 2.75) is 77.3 Å². The molecular weight excluding hydrogens is 560 g/mol. The molecule has 0 amide bonds. The number of unbranched alkanes of at least 4 members (excludes halogenated alkanes) is 2. The first-order valence-corrected chi connectivity index (χ1v) is 14.5. The van der Waals surface area contributed by atoms with Crippen molar-refractivity contribution in [3.05, 3.63) is 88.8 Å². The number of hydrogen-bond donors (Lipinski definition) is 0. The summed E-state index contributed by atoms with van der Waals surface area (Å²) in [6.45, 7) is 2.21. The summed E-state index contributed by atoms with van der Waals surface area (Å²) in [5, 5.41) is 0. The maximum Gasteiger partial charge on any atom is 0.409 e. The molecule has 1 aliphatic rings. The van der Waals surface area contributed by atoms with Gasteiger partial charge in [0.1, 0.15) is 29.1 Å². The smallest absolute Gasteiger partial charge is 0.206 e. The summed E-state index contributed by atoms with van der Waals surface area (Å²) in [7, 11) is 0. The van der Waals surface area contributed by atoms with Crippen LogP contribution in [0.5, 0.6) is 0 Å². The molecule has 0 heterocycles. The molecule has 0 unspecified atom stereocenters. The summed E-state index contributed by atoms with van der Waals surface area (Å²) in [4.78, 5) is 0. The highest BCUT2D eigenvalue weighted by Gasteiger charge is 2.24.